The highest BCUT2D eigenvalue weighted by atomic mass is 16.5. The van der Waals surface area contributed by atoms with Crippen LogP contribution in [0.1, 0.15) is 27.7 Å². The molecule has 72 valence electrons. The van der Waals surface area contributed by atoms with Gasteiger partial charge in [-0.1, -0.05) is 27.7 Å². The lowest BCUT2D eigenvalue weighted by molar-refractivity contribution is -0.267. The van der Waals surface area contributed by atoms with E-state index in [0.717, 1.165) is 0 Å². The third-order valence-electron chi connectivity index (χ3n) is 3.17. The number of hydrogen-bond acceptors (Lipinski definition) is 2. The van der Waals surface area contributed by atoms with Gasteiger partial charge in [-0.3, -0.25) is 0 Å². The molecule has 0 spiro atoms. The molecule has 1 rings (SSSR count). The highest BCUT2D eigenvalue weighted by molar-refractivity contribution is 5.11. The average molecular weight is 172 g/mol. The van der Waals surface area contributed by atoms with Crippen molar-refractivity contribution in [3.63, 3.8) is 0 Å². The molecule has 1 fully saturated rings. The van der Waals surface area contributed by atoms with Crippen LogP contribution in [-0.4, -0.2) is 26.4 Å². The van der Waals surface area contributed by atoms with E-state index in [1.165, 1.54) is 0 Å². The van der Waals surface area contributed by atoms with Crippen molar-refractivity contribution in [1.82, 2.24) is 0 Å². The molecule has 1 aliphatic rings. The van der Waals surface area contributed by atoms with Gasteiger partial charge in [0.05, 0.1) is 12.2 Å². The molecule has 0 aliphatic heterocycles. The zero-order valence-electron chi connectivity index (χ0n) is 8.97. The molecule has 2 heteroatoms. The highest BCUT2D eigenvalue weighted by Gasteiger charge is 2.62. The summed E-state index contributed by atoms with van der Waals surface area (Å²) in [5.74, 6) is 0. The van der Waals surface area contributed by atoms with Gasteiger partial charge in [0.25, 0.3) is 0 Å². The van der Waals surface area contributed by atoms with Crippen molar-refractivity contribution in [1.29, 1.82) is 0 Å². The molecule has 1 saturated carbocycles. The smallest absolute Gasteiger partial charge is 0.0723 e. The summed E-state index contributed by atoms with van der Waals surface area (Å²) in [7, 11) is 3.56. The Morgan fingerprint density at radius 3 is 1.17 bits per heavy atom. The minimum absolute atomic E-state index is 0.146. The predicted molar refractivity (Wildman–Crippen MR) is 49.2 cm³/mol. The first-order valence-corrected chi connectivity index (χ1v) is 4.44. The number of methoxy groups -OCH3 is 2. The Morgan fingerprint density at radius 1 is 0.750 bits per heavy atom. The van der Waals surface area contributed by atoms with E-state index in [2.05, 4.69) is 27.7 Å². The summed E-state index contributed by atoms with van der Waals surface area (Å²) in [6.07, 6.45) is 0.602. The summed E-state index contributed by atoms with van der Waals surface area (Å²) in [5, 5.41) is 0. The van der Waals surface area contributed by atoms with Crippen LogP contribution in [0.25, 0.3) is 0 Å². The summed E-state index contributed by atoms with van der Waals surface area (Å²) in [4.78, 5) is 0. The van der Waals surface area contributed by atoms with Gasteiger partial charge in [-0.2, -0.15) is 0 Å². The fourth-order valence-electron chi connectivity index (χ4n) is 3.31. The van der Waals surface area contributed by atoms with Gasteiger partial charge in [-0.25, -0.2) is 0 Å². The summed E-state index contributed by atoms with van der Waals surface area (Å²) >= 11 is 0. The largest absolute Gasteiger partial charge is 0.380 e. The zero-order valence-corrected chi connectivity index (χ0v) is 8.97. The molecule has 0 bridgehead atoms. The van der Waals surface area contributed by atoms with E-state index < -0.39 is 0 Å². The molecule has 2 nitrogen and oxygen atoms in total. The van der Waals surface area contributed by atoms with Gasteiger partial charge in [0, 0.05) is 25.0 Å². The van der Waals surface area contributed by atoms with Gasteiger partial charge in [0.2, 0.25) is 0 Å². The molecule has 12 heavy (non-hydrogen) atoms. The second-order valence-corrected chi connectivity index (χ2v) is 4.87. The van der Waals surface area contributed by atoms with E-state index in [9.17, 15) is 0 Å². The Bertz CT molecular complexity index is 141. The molecular weight excluding hydrogens is 152 g/mol. The molecular formula is C10H20O2. The normalized spacial score (nSPS) is 37.5. The molecule has 0 aromatic heterocycles. The first kappa shape index (κ1) is 10.0. The summed E-state index contributed by atoms with van der Waals surface area (Å²) < 4.78 is 10.9. The van der Waals surface area contributed by atoms with E-state index in [0.29, 0.717) is 12.2 Å². The fraction of sp³-hybridized carbons (Fsp3) is 1.00. The van der Waals surface area contributed by atoms with Gasteiger partial charge in [0.15, 0.2) is 0 Å². The van der Waals surface area contributed by atoms with Crippen LogP contribution in [-0.2, 0) is 9.47 Å². The maximum absolute atomic E-state index is 5.47. The van der Waals surface area contributed by atoms with Crippen molar-refractivity contribution >= 4 is 0 Å². The quantitative estimate of drug-likeness (QED) is 0.635. The molecule has 0 N–H and O–H groups in total. The second kappa shape index (κ2) is 2.71. The third kappa shape index (κ3) is 1.01. The zero-order chi connectivity index (χ0) is 9.57. The van der Waals surface area contributed by atoms with Crippen LogP contribution in [0.15, 0.2) is 0 Å². The average Bonchev–Trinajstić information content (AvgIpc) is 1.85. The molecule has 0 aromatic rings. The maximum atomic E-state index is 5.47. The van der Waals surface area contributed by atoms with E-state index in [-0.39, 0.29) is 10.8 Å². The summed E-state index contributed by atoms with van der Waals surface area (Å²) in [6.45, 7) is 8.78. The number of ether oxygens (including phenoxy) is 2. The minimum atomic E-state index is 0.146. The van der Waals surface area contributed by atoms with E-state index in [1.807, 2.05) is 0 Å². The van der Waals surface area contributed by atoms with Crippen LogP contribution in [0.5, 0.6) is 0 Å². The van der Waals surface area contributed by atoms with Crippen molar-refractivity contribution in [3.8, 4) is 0 Å². The van der Waals surface area contributed by atoms with Crippen LogP contribution >= 0.6 is 0 Å². The lowest BCUT2D eigenvalue weighted by Gasteiger charge is -2.62. The Morgan fingerprint density at radius 2 is 1.00 bits per heavy atom. The molecule has 0 heterocycles. The molecule has 1 aliphatic carbocycles. The molecule has 0 saturated heterocycles. The first-order chi connectivity index (χ1) is 5.39. The molecule has 0 amide bonds. The van der Waals surface area contributed by atoms with Crippen molar-refractivity contribution < 1.29 is 9.47 Å². The lowest BCUT2D eigenvalue weighted by Crippen LogP contribution is -2.68. The molecule has 0 atom stereocenters. The Labute approximate surface area is 75.2 Å². The molecule has 0 radical (unpaired) electrons. The Balaban J connectivity index is 2.81. The summed E-state index contributed by atoms with van der Waals surface area (Å²) in [5.41, 5.74) is 0.292. The molecule has 0 aromatic carbocycles. The monoisotopic (exact) mass is 172 g/mol. The Hall–Kier alpha value is -0.0800. The number of rotatable bonds is 2. The predicted octanol–water partition coefficient (Wildman–Crippen LogP) is 2.08. The maximum Gasteiger partial charge on any atom is 0.0723 e. The topological polar surface area (TPSA) is 18.5 Å². The van der Waals surface area contributed by atoms with Crippen LogP contribution < -0.4 is 0 Å². The summed E-state index contributed by atoms with van der Waals surface area (Å²) in [6, 6.07) is 0. The van der Waals surface area contributed by atoms with Crippen molar-refractivity contribution in [2.45, 2.75) is 39.9 Å². The van der Waals surface area contributed by atoms with Crippen LogP contribution in [0.2, 0.25) is 0 Å². The standard InChI is InChI=1S/C10H20O2/c1-9(2)7(11-5)10(3,4)8(9)12-6/h7-8H,1-6H3. The molecule has 0 unspecified atom stereocenters. The van der Waals surface area contributed by atoms with Crippen LogP contribution in [0.3, 0.4) is 0 Å². The van der Waals surface area contributed by atoms with Gasteiger partial charge < -0.3 is 9.47 Å². The minimum Gasteiger partial charge on any atom is -0.380 e. The van der Waals surface area contributed by atoms with Gasteiger partial charge in [-0.15, -0.1) is 0 Å². The first-order valence-electron chi connectivity index (χ1n) is 4.44. The third-order valence-corrected chi connectivity index (χ3v) is 3.17. The van der Waals surface area contributed by atoms with Gasteiger partial charge in [-0.05, 0) is 0 Å². The SMILES string of the molecule is COC1C(C)(C)C(OC)C1(C)C. The van der Waals surface area contributed by atoms with Crippen molar-refractivity contribution in [3.05, 3.63) is 0 Å². The van der Waals surface area contributed by atoms with Crippen LogP contribution in [0.4, 0.5) is 0 Å². The van der Waals surface area contributed by atoms with Gasteiger partial charge in [0.1, 0.15) is 0 Å². The van der Waals surface area contributed by atoms with E-state index >= 15 is 0 Å². The fourth-order valence-corrected chi connectivity index (χ4v) is 3.31. The van der Waals surface area contributed by atoms with Crippen molar-refractivity contribution in [2.75, 3.05) is 14.2 Å². The lowest BCUT2D eigenvalue weighted by atomic mass is 9.51. The van der Waals surface area contributed by atoms with E-state index in [4.69, 9.17) is 9.47 Å². The van der Waals surface area contributed by atoms with Gasteiger partial charge >= 0.3 is 0 Å². The van der Waals surface area contributed by atoms with E-state index in [1.54, 1.807) is 14.2 Å². The Kier molecular flexibility index (Phi) is 2.26. The second-order valence-electron chi connectivity index (χ2n) is 4.87. The van der Waals surface area contributed by atoms with Crippen LogP contribution in [0, 0.1) is 10.8 Å². The number of hydrogen-bond donors (Lipinski definition) is 0. The van der Waals surface area contributed by atoms with Crippen molar-refractivity contribution in [2.24, 2.45) is 10.8 Å². The highest BCUT2D eigenvalue weighted by Crippen LogP contribution is 2.56.